The quantitative estimate of drug-likeness (QED) is 0.911. The standard InChI is InChI=1S/C14H16ClN3O/c1-10-7-16-14(17-8-10)18-9-13(19-2)11-5-3-4-6-12(11)15/h3-8,13H,9H2,1-2H3,(H,16,17,18). The number of nitrogens with one attached hydrogen (secondary N) is 1. The van der Waals surface area contributed by atoms with Gasteiger partial charge < -0.3 is 10.1 Å². The van der Waals surface area contributed by atoms with Crippen LogP contribution in [0.2, 0.25) is 5.02 Å². The van der Waals surface area contributed by atoms with Gasteiger partial charge in [-0.3, -0.25) is 0 Å². The molecule has 0 amide bonds. The molecule has 0 spiro atoms. The van der Waals surface area contributed by atoms with Crippen LogP contribution in [0, 0.1) is 6.92 Å². The summed E-state index contributed by atoms with van der Waals surface area (Å²) in [6.07, 6.45) is 3.40. The number of halogens is 1. The third-order valence-corrected chi connectivity index (χ3v) is 3.11. The van der Waals surface area contributed by atoms with E-state index in [9.17, 15) is 0 Å². The summed E-state index contributed by atoms with van der Waals surface area (Å²) in [5, 5.41) is 3.84. The second-order valence-electron chi connectivity index (χ2n) is 4.21. The highest BCUT2D eigenvalue weighted by atomic mass is 35.5. The molecule has 0 bridgehead atoms. The van der Waals surface area contributed by atoms with E-state index in [0.29, 0.717) is 17.5 Å². The van der Waals surface area contributed by atoms with E-state index < -0.39 is 0 Å². The molecule has 1 atom stereocenters. The summed E-state index contributed by atoms with van der Waals surface area (Å²) >= 11 is 6.16. The number of anilines is 1. The highest BCUT2D eigenvalue weighted by Gasteiger charge is 2.13. The first kappa shape index (κ1) is 13.8. The van der Waals surface area contributed by atoms with Gasteiger partial charge in [0.1, 0.15) is 6.10 Å². The average molecular weight is 278 g/mol. The van der Waals surface area contributed by atoms with Crippen LogP contribution >= 0.6 is 11.6 Å². The Labute approximate surface area is 117 Å². The van der Waals surface area contributed by atoms with Crippen LogP contribution in [0.5, 0.6) is 0 Å². The molecule has 0 fully saturated rings. The normalized spacial score (nSPS) is 12.2. The second kappa shape index (κ2) is 6.50. The summed E-state index contributed by atoms with van der Waals surface area (Å²) < 4.78 is 5.46. The van der Waals surface area contributed by atoms with Crippen LogP contribution in [0.1, 0.15) is 17.2 Å². The Hall–Kier alpha value is -1.65. The number of benzene rings is 1. The molecular formula is C14H16ClN3O. The number of hydrogen-bond donors (Lipinski definition) is 1. The van der Waals surface area contributed by atoms with Gasteiger partial charge in [-0.15, -0.1) is 0 Å². The molecule has 1 unspecified atom stereocenters. The Morgan fingerprint density at radius 2 is 1.95 bits per heavy atom. The summed E-state index contributed by atoms with van der Waals surface area (Å²) in [5.74, 6) is 0.583. The van der Waals surface area contributed by atoms with Crippen LogP contribution in [-0.2, 0) is 4.74 Å². The maximum Gasteiger partial charge on any atom is 0.222 e. The number of rotatable bonds is 5. The van der Waals surface area contributed by atoms with E-state index in [2.05, 4.69) is 15.3 Å². The molecule has 0 saturated heterocycles. The lowest BCUT2D eigenvalue weighted by Crippen LogP contribution is -2.16. The van der Waals surface area contributed by atoms with Crippen LogP contribution < -0.4 is 5.32 Å². The first-order valence-corrected chi connectivity index (χ1v) is 6.38. The largest absolute Gasteiger partial charge is 0.375 e. The lowest BCUT2D eigenvalue weighted by Gasteiger charge is -2.17. The van der Waals surface area contributed by atoms with Crippen molar-refractivity contribution in [1.82, 2.24) is 9.97 Å². The highest BCUT2D eigenvalue weighted by Crippen LogP contribution is 2.24. The Morgan fingerprint density at radius 3 is 2.58 bits per heavy atom. The third kappa shape index (κ3) is 3.66. The van der Waals surface area contributed by atoms with Crippen molar-refractivity contribution in [2.45, 2.75) is 13.0 Å². The summed E-state index contributed by atoms with van der Waals surface area (Å²) in [6, 6.07) is 7.64. The van der Waals surface area contributed by atoms with Gasteiger partial charge in [0.2, 0.25) is 5.95 Å². The van der Waals surface area contributed by atoms with Crippen molar-refractivity contribution in [1.29, 1.82) is 0 Å². The monoisotopic (exact) mass is 277 g/mol. The van der Waals surface area contributed by atoms with Crippen LogP contribution in [0.4, 0.5) is 5.95 Å². The number of ether oxygens (including phenoxy) is 1. The van der Waals surface area contributed by atoms with E-state index in [1.165, 1.54) is 0 Å². The molecule has 2 rings (SSSR count). The summed E-state index contributed by atoms with van der Waals surface area (Å²) in [5.41, 5.74) is 1.98. The van der Waals surface area contributed by atoms with Crippen molar-refractivity contribution in [3.05, 3.63) is 52.8 Å². The first-order chi connectivity index (χ1) is 9.20. The van der Waals surface area contributed by atoms with Gasteiger partial charge in [0.25, 0.3) is 0 Å². The molecule has 0 aliphatic rings. The molecule has 0 radical (unpaired) electrons. The molecule has 0 aliphatic carbocycles. The molecule has 1 aromatic carbocycles. The minimum absolute atomic E-state index is 0.140. The average Bonchev–Trinajstić information content (AvgIpc) is 2.43. The fourth-order valence-corrected chi connectivity index (χ4v) is 1.98. The molecule has 1 heterocycles. The number of methoxy groups -OCH3 is 1. The maximum absolute atomic E-state index is 6.16. The van der Waals surface area contributed by atoms with Crippen molar-refractivity contribution >= 4 is 17.5 Å². The van der Waals surface area contributed by atoms with E-state index >= 15 is 0 Å². The van der Waals surface area contributed by atoms with Gasteiger partial charge in [-0.2, -0.15) is 0 Å². The SMILES string of the molecule is COC(CNc1ncc(C)cn1)c1ccccc1Cl. The van der Waals surface area contributed by atoms with E-state index in [0.717, 1.165) is 11.1 Å². The lowest BCUT2D eigenvalue weighted by molar-refractivity contribution is 0.114. The fraction of sp³-hybridized carbons (Fsp3) is 0.286. The van der Waals surface area contributed by atoms with Gasteiger partial charge in [0, 0.05) is 36.6 Å². The molecule has 100 valence electrons. The van der Waals surface area contributed by atoms with E-state index in [-0.39, 0.29) is 6.10 Å². The maximum atomic E-state index is 6.16. The van der Waals surface area contributed by atoms with Crippen LogP contribution in [-0.4, -0.2) is 23.6 Å². The van der Waals surface area contributed by atoms with Crippen molar-refractivity contribution in [3.63, 3.8) is 0 Å². The van der Waals surface area contributed by atoms with Crippen molar-refractivity contribution in [3.8, 4) is 0 Å². The zero-order valence-electron chi connectivity index (χ0n) is 10.9. The molecule has 1 aromatic heterocycles. The molecule has 1 N–H and O–H groups in total. The zero-order chi connectivity index (χ0) is 13.7. The number of hydrogen-bond acceptors (Lipinski definition) is 4. The van der Waals surface area contributed by atoms with E-state index in [1.807, 2.05) is 31.2 Å². The molecule has 5 heteroatoms. The smallest absolute Gasteiger partial charge is 0.222 e. The second-order valence-corrected chi connectivity index (χ2v) is 4.62. The molecule has 4 nitrogen and oxygen atoms in total. The van der Waals surface area contributed by atoms with Gasteiger partial charge >= 0.3 is 0 Å². The Morgan fingerprint density at radius 1 is 1.26 bits per heavy atom. The van der Waals surface area contributed by atoms with Crippen LogP contribution in [0.25, 0.3) is 0 Å². The van der Waals surface area contributed by atoms with E-state index in [1.54, 1.807) is 19.5 Å². The molecule has 2 aromatic rings. The zero-order valence-corrected chi connectivity index (χ0v) is 11.7. The number of nitrogens with zero attached hydrogens (tertiary/aromatic N) is 2. The predicted molar refractivity (Wildman–Crippen MR) is 76.5 cm³/mol. The Kier molecular flexibility index (Phi) is 4.71. The minimum Gasteiger partial charge on any atom is -0.375 e. The number of aryl methyl sites for hydroxylation is 1. The lowest BCUT2D eigenvalue weighted by atomic mass is 10.1. The predicted octanol–water partition coefficient (Wildman–Crippen LogP) is 3.24. The van der Waals surface area contributed by atoms with Gasteiger partial charge in [0.15, 0.2) is 0 Å². The topological polar surface area (TPSA) is 47.0 Å². The highest BCUT2D eigenvalue weighted by molar-refractivity contribution is 6.31. The number of aromatic nitrogens is 2. The molecular weight excluding hydrogens is 262 g/mol. The van der Waals surface area contributed by atoms with Crippen LogP contribution in [0.3, 0.4) is 0 Å². The van der Waals surface area contributed by atoms with Gasteiger partial charge in [0.05, 0.1) is 0 Å². The summed E-state index contributed by atoms with van der Waals surface area (Å²) in [7, 11) is 1.66. The minimum atomic E-state index is -0.140. The summed E-state index contributed by atoms with van der Waals surface area (Å²) in [6.45, 7) is 2.51. The molecule has 0 saturated carbocycles. The van der Waals surface area contributed by atoms with Crippen molar-refractivity contribution in [2.24, 2.45) is 0 Å². The van der Waals surface area contributed by atoms with Crippen molar-refractivity contribution in [2.75, 3.05) is 19.0 Å². The van der Waals surface area contributed by atoms with Gasteiger partial charge in [-0.1, -0.05) is 29.8 Å². The third-order valence-electron chi connectivity index (χ3n) is 2.76. The Balaban J connectivity index is 2.04. The first-order valence-electron chi connectivity index (χ1n) is 6.00. The Bertz CT molecular complexity index is 530. The molecule has 0 aliphatic heterocycles. The van der Waals surface area contributed by atoms with Gasteiger partial charge in [-0.05, 0) is 18.6 Å². The summed E-state index contributed by atoms with van der Waals surface area (Å²) in [4.78, 5) is 8.38. The fourth-order valence-electron chi connectivity index (χ4n) is 1.72. The van der Waals surface area contributed by atoms with E-state index in [4.69, 9.17) is 16.3 Å². The van der Waals surface area contributed by atoms with Crippen molar-refractivity contribution < 1.29 is 4.74 Å². The molecule has 19 heavy (non-hydrogen) atoms. The van der Waals surface area contributed by atoms with Crippen LogP contribution in [0.15, 0.2) is 36.7 Å². The van der Waals surface area contributed by atoms with Gasteiger partial charge in [-0.25, -0.2) is 9.97 Å².